The quantitative estimate of drug-likeness (QED) is 0.132. The molecule has 1 aromatic carbocycles. The van der Waals surface area contributed by atoms with Gasteiger partial charge in [-0.15, -0.1) is 0 Å². The van der Waals surface area contributed by atoms with Gasteiger partial charge in [-0.05, 0) is 0 Å². The average molecular weight is 493 g/mol. The van der Waals surface area contributed by atoms with Gasteiger partial charge in [0.2, 0.25) is 0 Å². The number of terminal acetylenes is 1. The molecule has 158 valence electrons. The van der Waals surface area contributed by atoms with E-state index in [1.54, 1.807) is 0 Å². The zero-order valence-corrected chi connectivity index (χ0v) is 21.4. The molecule has 0 fully saturated rings. The van der Waals surface area contributed by atoms with Crippen LogP contribution in [0.15, 0.2) is 30.3 Å². The number of hydrogen-bond acceptors (Lipinski definition) is 2. The van der Waals surface area contributed by atoms with Crippen molar-refractivity contribution in [3.05, 3.63) is 35.9 Å². The summed E-state index contributed by atoms with van der Waals surface area (Å²) in [5.41, 5.74) is 1.20. The number of rotatable bonds is 17. The molecule has 3 heteroatoms. The molecule has 0 amide bonds. The summed E-state index contributed by atoms with van der Waals surface area (Å²) in [6.07, 6.45) is 14.5. The van der Waals surface area contributed by atoms with E-state index in [0.717, 1.165) is 11.0 Å². The van der Waals surface area contributed by atoms with Crippen LogP contribution in [0.5, 0.6) is 0 Å². The first kappa shape index (κ1) is 25.5. The van der Waals surface area contributed by atoms with Gasteiger partial charge in [0.05, 0.1) is 0 Å². The van der Waals surface area contributed by atoms with Crippen molar-refractivity contribution in [2.45, 2.75) is 91.7 Å². The number of hydrogen-bond donors (Lipinski definition) is 0. The normalized spacial score (nSPS) is 12.6. The molecule has 1 unspecified atom stereocenters. The van der Waals surface area contributed by atoms with Crippen LogP contribution in [0.2, 0.25) is 13.3 Å². The summed E-state index contributed by atoms with van der Waals surface area (Å²) in [4.78, 5) is 0. The molecule has 0 N–H and O–H groups in total. The monoisotopic (exact) mass is 494 g/mol. The van der Waals surface area contributed by atoms with E-state index in [0.29, 0.717) is 13.2 Å². The molecule has 0 spiro atoms. The van der Waals surface area contributed by atoms with E-state index in [-0.39, 0.29) is 6.10 Å². The molecule has 0 aromatic heterocycles. The molecule has 0 aliphatic heterocycles. The van der Waals surface area contributed by atoms with Crippen LogP contribution in [0, 0.1) is 12.3 Å². The summed E-state index contributed by atoms with van der Waals surface area (Å²) in [6.45, 7) is 8.23. The van der Waals surface area contributed by atoms with Crippen LogP contribution < -0.4 is 0 Å². The topological polar surface area (TPSA) is 18.5 Å². The number of unbranched alkanes of at least 4 members (excludes halogenated alkanes) is 3. The Bertz CT molecular complexity index is 501. The molecule has 2 nitrogen and oxygen atoms in total. The molecule has 1 rings (SSSR count). The molecule has 0 bridgehead atoms. The second-order valence-electron chi connectivity index (χ2n) is 8.10. The van der Waals surface area contributed by atoms with Crippen molar-refractivity contribution in [1.82, 2.24) is 0 Å². The van der Waals surface area contributed by atoms with Crippen molar-refractivity contribution in [2.75, 3.05) is 11.2 Å². The van der Waals surface area contributed by atoms with Gasteiger partial charge in [0.15, 0.2) is 0 Å². The molecular weight excluding hydrogens is 451 g/mol. The fraction of sp³-hybridized carbons (Fsp3) is 0.680. The van der Waals surface area contributed by atoms with Gasteiger partial charge in [0.1, 0.15) is 0 Å². The molecule has 0 radical (unpaired) electrons. The molecule has 0 heterocycles. The molecule has 0 aliphatic rings. The van der Waals surface area contributed by atoms with Crippen molar-refractivity contribution in [2.24, 2.45) is 0 Å². The van der Waals surface area contributed by atoms with Crippen molar-refractivity contribution in [1.29, 1.82) is 0 Å². The van der Waals surface area contributed by atoms with Crippen LogP contribution in [0.1, 0.15) is 71.3 Å². The standard InChI is InChI=1S/C13H15O2.3C4H9.Sn/c1-3-13(14-2)9-10-15-11-12-7-5-4-6-8-12;3*1-3-4-2;/h1,4-8,13H,2,9-11H2;3*1,3-4H2,2H3;. The summed E-state index contributed by atoms with van der Waals surface area (Å²) in [6, 6.07) is 10.3. The third kappa shape index (κ3) is 10.9. The predicted molar refractivity (Wildman–Crippen MR) is 124 cm³/mol. The third-order valence-corrected chi connectivity index (χ3v) is 19.9. The second kappa shape index (κ2) is 16.3. The minimum atomic E-state index is -2.26. The maximum absolute atomic E-state index is 6.38. The zero-order chi connectivity index (χ0) is 20.5. The van der Waals surface area contributed by atoms with Gasteiger partial charge >= 0.3 is 179 Å². The van der Waals surface area contributed by atoms with Crippen LogP contribution in [0.4, 0.5) is 0 Å². The molecule has 0 saturated heterocycles. The van der Waals surface area contributed by atoms with Crippen molar-refractivity contribution in [3.8, 4) is 12.3 Å². The average Bonchev–Trinajstić information content (AvgIpc) is 2.74. The summed E-state index contributed by atoms with van der Waals surface area (Å²) < 4.78 is 17.6. The van der Waals surface area contributed by atoms with Crippen molar-refractivity contribution >= 4 is 18.4 Å². The molecular formula is C25H42O2Sn. The van der Waals surface area contributed by atoms with E-state index in [9.17, 15) is 0 Å². The van der Waals surface area contributed by atoms with Crippen molar-refractivity contribution < 1.29 is 9.47 Å². The van der Waals surface area contributed by atoms with Crippen LogP contribution in [0.3, 0.4) is 0 Å². The summed E-state index contributed by atoms with van der Waals surface area (Å²) in [5, 5.41) is 0. The molecule has 1 atom stereocenters. The zero-order valence-electron chi connectivity index (χ0n) is 18.6. The Hall–Kier alpha value is -0.501. The van der Waals surface area contributed by atoms with Crippen molar-refractivity contribution in [3.63, 3.8) is 0 Å². The van der Waals surface area contributed by atoms with Crippen LogP contribution in [0.25, 0.3) is 0 Å². The van der Waals surface area contributed by atoms with E-state index >= 15 is 0 Å². The summed E-state index contributed by atoms with van der Waals surface area (Å²) in [5.74, 6) is 2.87. The van der Waals surface area contributed by atoms with E-state index in [1.807, 2.05) is 18.2 Å². The summed E-state index contributed by atoms with van der Waals surface area (Å²) >= 11 is -2.26. The Balaban J connectivity index is 2.51. The van der Waals surface area contributed by atoms with Gasteiger partial charge in [-0.1, -0.05) is 0 Å². The SMILES string of the molecule is C#CC(CCOCc1ccccc1)O[CH2][Sn]([CH2]CCC)([CH2]CCC)[CH2]CCC. The molecule has 1 aromatic rings. The maximum atomic E-state index is 6.38. The molecule has 28 heavy (non-hydrogen) atoms. The van der Waals surface area contributed by atoms with Gasteiger partial charge < -0.3 is 0 Å². The van der Waals surface area contributed by atoms with Gasteiger partial charge in [-0.25, -0.2) is 0 Å². The fourth-order valence-corrected chi connectivity index (χ4v) is 18.1. The van der Waals surface area contributed by atoms with Gasteiger partial charge in [0, 0.05) is 0 Å². The Kier molecular flexibility index (Phi) is 14.9. The van der Waals surface area contributed by atoms with E-state index in [2.05, 4.69) is 38.8 Å². The first-order valence-electron chi connectivity index (χ1n) is 11.4. The third-order valence-electron chi connectivity index (χ3n) is 5.59. The second-order valence-corrected chi connectivity index (χ2v) is 21.8. The van der Waals surface area contributed by atoms with Gasteiger partial charge in [-0.3, -0.25) is 0 Å². The molecule has 0 saturated carbocycles. The Morgan fingerprint density at radius 1 is 0.929 bits per heavy atom. The van der Waals surface area contributed by atoms with E-state index < -0.39 is 18.4 Å². The van der Waals surface area contributed by atoms with Crippen LogP contribution in [-0.4, -0.2) is 35.7 Å². The first-order chi connectivity index (χ1) is 13.7. The summed E-state index contributed by atoms with van der Waals surface area (Å²) in [7, 11) is 0. The van der Waals surface area contributed by atoms with Gasteiger partial charge in [0.25, 0.3) is 0 Å². The number of benzene rings is 1. The van der Waals surface area contributed by atoms with Gasteiger partial charge in [-0.2, -0.15) is 0 Å². The Morgan fingerprint density at radius 3 is 2.00 bits per heavy atom. The number of ether oxygens (including phenoxy) is 2. The van der Waals surface area contributed by atoms with Crippen LogP contribution in [-0.2, 0) is 16.1 Å². The molecule has 0 aliphatic carbocycles. The minimum absolute atomic E-state index is 0.100. The first-order valence-corrected chi connectivity index (χ1v) is 19.5. The van der Waals surface area contributed by atoms with E-state index in [1.165, 1.54) is 57.4 Å². The van der Waals surface area contributed by atoms with Crippen LogP contribution >= 0.6 is 0 Å². The fourth-order valence-electron chi connectivity index (χ4n) is 3.69. The Labute approximate surface area is 178 Å². The van der Waals surface area contributed by atoms with E-state index in [4.69, 9.17) is 15.9 Å². The Morgan fingerprint density at radius 2 is 1.50 bits per heavy atom. The predicted octanol–water partition coefficient (Wildman–Crippen LogP) is 7.00.